The minimum absolute atomic E-state index is 0.150. The number of fused-ring (bicyclic) bond motifs is 2. The average Bonchev–Trinajstić information content (AvgIpc) is 3.62. The number of nitrogens with zero attached hydrogens (tertiary/aromatic N) is 7. The van der Waals surface area contributed by atoms with E-state index in [4.69, 9.17) is 26.2 Å². The van der Waals surface area contributed by atoms with E-state index >= 15 is 0 Å². The molecule has 2 aromatic carbocycles. The molecule has 4 aromatic heterocycles. The van der Waals surface area contributed by atoms with Gasteiger partial charge in [0.15, 0.2) is 11.5 Å². The first kappa shape index (κ1) is 24.9. The van der Waals surface area contributed by atoms with Crippen LogP contribution in [0.2, 0.25) is 4.47 Å². The van der Waals surface area contributed by atoms with E-state index in [-0.39, 0.29) is 12.7 Å². The Hall–Kier alpha value is -4.15. The lowest BCUT2D eigenvalue weighted by Gasteiger charge is -2.27. The number of ether oxygens (including phenoxy) is 2. The van der Waals surface area contributed by atoms with Gasteiger partial charge in [0, 0.05) is 29.1 Å². The van der Waals surface area contributed by atoms with Gasteiger partial charge in [0.2, 0.25) is 4.47 Å². The van der Waals surface area contributed by atoms with E-state index in [0.717, 1.165) is 59.4 Å². The molecule has 0 amide bonds. The molecule has 0 spiro atoms. The Bertz CT molecular complexity index is 1780. The van der Waals surface area contributed by atoms with Crippen molar-refractivity contribution in [1.82, 2.24) is 34.2 Å². The monoisotopic (exact) mass is 569 g/mol. The summed E-state index contributed by atoms with van der Waals surface area (Å²) in [4.78, 5) is 8.90. The first-order valence-corrected chi connectivity index (χ1v) is 14.3. The van der Waals surface area contributed by atoms with Crippen LogP contribution in [0.1, 0.15) is 43.3 Å². The molecule has 4 heterocycles. The summed E-state index contributed by atoms with van der Waals surface area (Å²) in [5.41, 5.74) is 3.34. The van der Waals surface area contributed by atoms with E-state index in [1.165, 1.54) is 11.5 Å². The van der Waals surface area contributed by atoms with Crippen molar-refractivity contribution >= 4 is 39.7 Å². The summed E-state index contributed by atoms with van der Waals surface area (Å²) in [6, 6.07) is 21.7. The molecule has 1 saturated carbocycles. The zero-order valence-electron chi connectivity index (χ0n) is 21.4. The van der Waals surface area contributed by atoms with E-state index in [1.807, 2.05) is 66.7 Å². The molecule has 0 N–H and O–H groups in total. The molecule has 0 aliphatic heterocycles. The number of hydrogen-bond acceptors (Lipinski definition) is 9. The summed E-state index contributed by atoms with van der Waals surface area (Å²) in [7, 11) is 0. The molecule has 0 radical (unpaired) electrons. The van der Waals surface area contributed by atoms with Crippen LogP contribution in [0.4, 0.5) is 0 Å². The van der Waals surface area contributed by atoms with Crippen molar-refractivity contribution in [3.63, 3.8) is 0 Å². The smallest absolute Gasteiger partial charge is 0.203 e. The van der Waals surface area contributed by atoms with Crippen molar-refractivity contribution in [3.05, 3.63) is 89.0 Å². The Balaban J connectivity index is 1.04. The summed E-state index contributed by atoms with van der Waals surface area (Å²) in [6.07, 6.45) is 5.76. The van der Waals surface area contributed by atoms with Crippen LogP contribution in [0.25, 0.3) is 27.8 Å². The quantitative estimate of drug-likeness (QED) is 0.214. The van der Waals surface area contributed by atoms with Crippen molar-refractivity contribution < 1.29 is 9.47 Å². The third-order valence-electron chi connectivity index (χ3n) is 7.19. The van der Waals surface area contributed by atoms with E-state index < -0.39 is 0 Å². The minimum Gasteiger partial charge on any atom is -0.490 e. The molecule has 1 aliphatic carbocycles. The zero-order valence-corrected chi connectivity index (χ0v) is 22.9. The lowest BCUT2D eigenvalue weighted by Crippen LogP contribution is -2.23. The van der Waals surface area contributed by atoms with Crippen LogP contribution in [0.3, 0.4) is 0 Å². The van der Waals surface area contributed by atoms with Gasteiger partial charge in [-0.15, -0.1) is 10.2 Å². The van der Waals surface area contributed by atoms with E-state index in [0.29, 0.717) is 27.6 Å². The Kier molecular flexibility index (Phi) is 6.70. The van der Waals surface area contributed by atoms with Gasteiger partial charge in [0.1, 0.15) is 23.9 Å². The van der Waals surface area contributed by atoms with Gasteiger partial charge in [0.25, 0.3) is 0 Å². The van der Waals surface area contributed by atoms with Gasteiger partial charge in [-0.25, -0.2) is 4.98 Å². The molecule has 0 saturated heterocycles. The topological polar surface area (TPSA) is 100 Å². The maximum absolute atomic E-state index is 6.33. The van der Waals surface area contributed by atoms with Crippen molar-refractivity contribution in [2.75, 3.05) is 0 Å². The molecule has 9 nitrogen and oxygen atoms in total. The Morgan fingerprint density at radius 2 is 1.82 bits per heavy atom. The van der Waals surface area contributed by atoms with E-state index in [2.05, 4.69) is 24.5 Å². The van der Waals surface area contributed by atoms with Crippen LogP contribution in [-0.4, -0.2) is 40.3 Å². The molecular formula is C29H24ClN7O2S. The maximum Gasteiger partial charge on any atom is 0.203 e. The lowest BCUT2D eigenvalue weighted by molar-refractivity contribution is 0.145. The molecule has 0 unspecified atom stereocenters. The summed E-state index contributed by atoms with van der Waals surface area (Å²) >= 11 is 7.22. The summed E-state index contributed by atoms with van der Waals surface area (Å²) in [6.45, 7) is 0.214. The number of rotatable bonds is 7. The largest absolute Gasteiger partial charge is 0.490 e. The van der Waals surface area contributed by atoms with Gasteiger partial charge in [-0.3, -0.25) is 4.98 Å². The lowest BCUT2D eigenvalue weighted by atomic mass is 9.87. The first-order chi connectivity index (χ1) is 19.7. The average molecular weight is 570 g/mol. The molecule has 6 aromatic rings. The Morgan fingerprint density at radius 1 is 0.950 bits per heavy atom. The van der Waals surface area contributed by atoms with Crippen LogP contribution < -0.4 is 9.47 Å². The highest BCUT2D eigenvalue weighted by molar-refractivity contribution is 7.10. The van der Waals surface area contributed by atoms with Crippen LogP contribution in [0.15, 0.2) is 72.9 Å². The van der Waals surface area contributed by atoms with Gasteiger partial charge in [-0.2, -0.15) is 14.0 Å². The highest BCUT2D eigenvalue weighted by Gasteiger charge is 2.26. The van der Waals surface area contributed by atoms with Crippen molar-refractivity contribution in [3.8, 4) is 22.8 Å². The maximum atomic E-state index is 6.33. The predicted molar refractivity (Wildman–Crippen MR) is 153 cm³/mol. The third-order valence-corrected chi connectivity index (χ3v) is 8.00. The highest BCUT2D eigenvalue weighted by Crippen LogP contribution is 2.35. The van der Waals surface area contributed by atoms with E-state index in [1.54, 1.807) is 10.7 Å². The number of hydrogen-bond donors (Lipinski definition) is 0. The van der Waals surface area contributed by atoms with Crippen LogP contribution in [0, 0.1) is 0 Å². The van der Waals surface area contributed by atoms with Crippen LogP contribution in [0.5, 0.6) is 11.5 Å². The molecule has 0 atom stereocenters. The van der Waals surface area contributed by atoms with Gasteiger partial charge in [-0.05, 0) is 79.1 Å². The normalized spacial score (nSPS) is 17.3. The van der Waals surface area contributed by atoms with Gasteiger partial charge in [-0.1, -0.05) is 30.3 Å². The van der Waals surface area contributed by atoms with Gasteiger partial charge in [0.05, 0.1) is 17.3 Å². The molecule has 11 heteroatoms. The van der Waals surface area contributed by atoms with E-state index in [9.17, 15) is 0 Å². The molecule has 1 fully saturated rings. The summed E-state index contributed by atoms with van der Waals surface area (Å²) in [5, 5.41) is 14.2. The first-order valence-electron chi connectivity index (χ1n) is 13.1. The molecule has 200 valence electrons. The predicted octanol–water partition coefficient (Wildman–Crippen LogP) is 6.53. The van der Waals surface area contributed by atoms with Crippen LogP contribution in [-0.2, 0) is 6.61 Å². The standard InChI is InChI=1S/C29H24ClN7O2S/c30-29-32-28(36-40-29)19-6-8-20(9-7-19)39-21-10-11-22-24(16-21)31-15-14-25(22)38-17-27-34-33-26-13-12-23(35-37(26)27)18-4-2-1-3-5-18/h1-5,10-16,19-20H,6-9,17H2. The molecule has 7 rings (SSSR count). The minimum atomic E-state index is 0.150. The Labute approximate surface area is 239 Å². The summed E-state index contributed by atoms with van der Waals surface area (Å²) in [5.74, 6) is 3.34. The SMILES string of the molecule is Clc1nc(C2CCC(Oc3ccc4c(OCc5nnc6ccc(-c7ccccc7)nn56)ccnc4c3)CC2)ns1. The summed E-state index contributed by atoms with van der Waals surface area (Å²) < 4.78 is 19.1. The second-order valence-corrected chi connectivity index (χ2v) is 11.1. The third kappa shape index (κ3) is 5.07. The highest BCUT2D eigenvalue weighted by atomic mass is 35.5. The van der Waals surface area contributed by atoms with Gasteiger partial charge < -0.3 is 9.47 Å². The van der Waals surface area contributed by atoms with Crippen molar-refractivity contribution in [1.29, 1.82) is 0 Å². The number of halogens is 1. The fraction of sp³-hybridized carbons (Fsp3) is 0.241. The molecule has 40 heavy (non-hydrogen) atoms. The fourth-order valence-electron chi connectivity index (χ4n) is 5.14. The Morgan fingerprint density at radius 3 is 2.65 bits per heavy atom. The van der Waals surface area contributed by atoms with Crippen molar-refractivity contribution in [2.45, 2.75) is 44.3 Å². The van der Waals surface area contributed by atoms with Crippen molar-refractivity contribution in [2.24, 2.45) is 0 Å². The molecule has 1 aliphatic rings. The zero-order chi connectivity index (χ0) is 26.9. The fourth-order valence-corrected chi connectivity index (χ4v) is 5.83. The molecular weight excluding hydrogens is 546 g/mol. The number of pyridine rings is 1. The second-order valence-electron chi connectivity index (χ2n) is 9.74. The number of aromatic nitrogens is 7. The van der Waals surface area contributed by atoms with Gasteiger partial charge >= 0.3 is 0 Å². The number of benzene rings is 2. The second kappa shape index (κ2) is 10.8. The molecule has 0 bridgehead atoms. The van der Waals surface area contributed by atoms with Crippen LogP contribution >= 0.6 is 23.1 Å².